The third kappa shape index (κ3) is 3.34. The van der Waals surface area contributed by atoms with Crippen molar-refractivity contribution in [1.82, 2.24) is 9.97 Å². The fourth-order valence-corrected chi connectivity index (χ4v) is 1.52. The number of rotatable bonds is 3. The summed E-state index contributed by atoms with van der Waals surface area (Å²) in [7, 11) is 0. The van der Waals surface area contributed by atoms with E-state index in [1.165, 1.54) is 18.5 Å². The van der Waals surface area contributed by atoms with E-state index in [2.05, 4.69) is 15.3 Å². The molecule has 1 aromatic heterocycles. The van der Waals surface area contributed by atoms with Crippen LogP contribution >= 0.6 is 0 Å². The molecular weight excluding hydrogens is 259 g/mol. The SMILES string of the molecule is O=c1[nH]ccnc1NCc1cccc(C(F)(F)F)c1. The van der Waals surface area contributed by atoms with Gasteiger partial charge in [0.05, 0.1) is 5.56 Å². The highest BCUT2D eigenvalue weighted by molar-refractivity contribution is 5.33. The van der Waals surface area contributed by atoms with Gasteiger partial charge in [-0.1, -0.05) is 12.1 Å². The molecule has 0 amide bonds. The smallest absolute Gasteiger partial charge is 0.361 e. The monoisotopic (exact) mass is 269 g/mol. The molecule has 2 rings (SSSR count). The second kappa shape index (κ2) is 5.13. The van der Waals surface area contributed by atoms with E-state index in [4.69, 9.17) is 0 Å². The minimum Gasteiger partial charge on any atom is -0.361 e. The molecular formula is C12H10F3N3O. The highest BCUT2D eigenvalue weighted by Gasteiger charge is 2.30. The molecule has 0 unspecified atom stereocenters. The summed E-state index contributed by atoms with van der Waals surface area (Å²) in [5, 5.41) is 2.69. The molecule has 0 aliphatic carbocycles. The maximum absolute atomic E-state index is 12.5. The molecule has 0 saturated heterocycles. The molecule has 0 saturated carbocycles. The predicted octanol–water partition coefficient (Wildman–Crippen LogP) is 2.40. The van der Waals surface area contributed by atoms with Crippen LogP contribution in [0, 0.1) is 0 Å². The van der Waals surface area contributed by atoms with Gasteiger partial charge in [0.25, 0.3) is 5.56 Å². The summed E-state index contributed by atoms with van der Waals surface area (Å²) < 4.78 is 37.5. The van der Waals surface area contributed by atoms with Gasteiger partial charge >= 0.3 is 6.18 Å². The van der Waals surface area contributed by atoms with Gasteiger partial charge in [0.2, 0.25) is 0 Å². The van der Waals surface area contributed by atoms with Crippen molar-refractivity contribution in [2.75, 3.05) is 5.32 Å². The van der Waals surface area contributed by atoms with Gasteiger partial charge in [0.15, 0.2) is 5.82 Å². The van der Waals surface area contributed by atoms with E-state index in [-0.39, 0.29) is 12.4 Å². The van der Waals surface area contributed by atoms with Gasteiger partial charge < -0.3 is 10.3 Å². The van der Waals surface area contributed by atoms with Crippen LogP contribution < -0.4 is 10.9 Å². The average molecular weight is 269 g/mol. The lowest BCUT2D eigenvalue weighted by atomic mass is 10.1. The van der Waals surface area contributed by atoms with Crippen molar-refractivity contribution in [2.45, 2.75) is 12.7 Å². The fraction of sp³-hybridized carbons (Fsp3) is 0.167. The Hall–Kier alpha value is -2.31. The molecule has 0 radical (unpaired) electrons. The van der Waals surface area contributed by atoms with Crippen molar-refractivity contribution < 1.29 is 13.2 Å². The topological polar surface area (TPSA) is 57.8 Å². The first-order chi connectivity index (χ1) is 8.97. The molecule has 1 aromatic carbocycles. The van der Waals surface area contributed by atoms with E-state index in [0.717, 1.165) is 12.1 Å². The molecule has 0 bridgehead atoms. The molecule has 2 aromatic rings. The van der Waals surface area contributed by atoms with Crippen molar-refractivity contribution in [3.8, 4) is 0 Å². The molecule has 0 spiro atoms. The number of nitrogens with one attached hydrogen (secondary N) is 2. The van der Waals surface area contributed by atoms with Crippen LogP contribution in [-0.4, -0.2) is 9.97 Å². The number of nitrogens with zero attached hydrogens (tertiary/aromatic N) is 1. The third-order valence-corrected chi connectivity index (χ3v) is 2.42. The summed E-state index contributed by atoms with van der Waals surface area (Å²) in [6, 6.07) is 4.89. The van der Waals surface area contributed by atoms with E-state index in [9.17, 15) is 18.0 Å². The van der Waals surface area contributed by atoms with Crippen LogP contribution in [0.3, 0.4) is 0 Å². The Morgan fingerprint density at radius 3 is 2.79 bits per heavy atom. The Bertz CT molecular complexity index is 622. The van der Waals surface area contributed by atoms with Gasteiger partial charge in [-0.25, -0.2) is 4.98 Å². The second-order valence-electron chi connectivity index (χ2n) is 3.82. The third-order valence-electron chi connectivity index (χ3n) is 2.42. The Balaban J connectivity index is 2.13. The largest absolute Gasteiger partial charge is 0.416 e. The van der Waals surface area contributed by atoms with Crippen molar-refractivity contribution in [3.63, 3.8) is 0 Å². The maximum Gasteiger partial charge on any atom is 0.416 e. The number of hydrogen-bond acceptors (Lipinski definition) is 3. The first-order valence-electron chi connectivity index (χ1n) is 5.40. The zero-order valence-corrected chi connectivity index (χ0v) is 9.66. The number of halogens is 3. The number of alkyl halides is 3. The van der Waals surface area contributed by atoms with Gasteiger partial charge in [-0.2, -0.15) is 13.2 Å². The number of H-pyrrole nitrogens is 1. The highest BCUT2D eigenvalue weighted by Crippen LogP contribution is 2.29. The van der Waals surface area contributed by atoms with Crippen LogP contribution in [0.2, 0.25) is 0 Å². The van der Waals surface area contributed by atoms with Gasteiger partial charge in [0, 0.05) is 18.9 Å². The Morgan fingerprint density at radius 1 is 1.32 bits per heavy atom. The quantitative estimate of drug-likeness (QED) is 0.899. The summed E-state index contributed by atoms with van der Waals surface area (Å²) in [5.74, 6) is 0.0694. The lowest BCUT2D eigenvalue weighted by molar-refractivity contribution is -0.137. The molecule has 2 N–H and O–H groups in total. The van der Waals surface area contributed by atoms with Crippen molar-refractivity contribution in [2.24, 2.45) is 0 Å². The number of aromatic amines is 1. The zero-order valence-electron chi connectivity index (χ0n) is 9.66. The van der Waals surface area contributed by atoms with E-state index in [1.54, 1.807) is 6.07 Å². The van der Waals surface area contributed by atoms with Crippen molar-refractivity contribution >= 4 is 5.82 Å². The second-order valence-corrected chi connectivity index (χ2v) is 3.82. The summed E-state index contributed by atoms with van der Waals surface area (Å²) >= 11 is 0. The van der Waals surface area contributed by atoms with Crippen LogP contribution in [0.4, 0.5) is 19.0 Å². The van der Waals surface area contributed by atoms with Crippen molar-refractivity contribution in [1.29, 1.82) is 0 Å². The normalized spacial score (nSPS) is 11.3. The standard InChI is InChI=1S/C12H10F3N3O/c13-12(14,15)9-3-1-2-8(6-9)7-18-10-11(19)17-5-4-16-10/h1-6H,7H2,(H,16,18)(H,17,19). The van der Waals surface area contributed by atoms with E-state index < -0.39 is 17.3 Å². The molecule has 0 fully saturated rings. The maximum atomic E-state index is 12.5. The molecule has 4 nitrogen and oxygen atoms in total. The van der Waals surface area contributed by atoms with Gasteiger partial charge in [-0.3, -0.25) is 4.79 Å². The minimum atomic E-state index is -4.38. The molecule has 19 heavy (non-hydrogen) atoms. The van der Waals surface area contributed by atoms with Crippen molar-refractivity contribution in [3.05, 3.63) is 58.1 Å². The molecule has 0 aliphatic heterocycles. The van der Waals surface area contributed by atoms with Gasteiger partial charge in [0.1, 0.15) is 0 Å². The van der Waals surface area contributed by atoms with E-state index >= 15 is 0 Å². The summed E-state index contributed by atoms with van der Waals surface area (Å²) in [4.78, 5) is 17.5. The van der Waals surface area contributed by atoms with E-state index in [0.29, 0.717) is 5.56 Å². The van der Waals surface area contributed by atoms with Gasteiger partial charge in [-0.15, -0.1) is 0 Å². The Morgan fingerprint density at radius 2 is 2.11 bits per heavy atom. The fourth-order valence-electron chi connectivity index (χ4n) is 1.52. The summed E-state index contributed by atoms with van der Waals surface area (Å²) in [6.45, 7) is 0.0873. The van der Waals surface area contributed by atoms with Crippen LogP contribution in [-0.2, 0) is 12.7 Å². The Labute approximate surface area is 106 Å². The number of anilines is 1. The number of aromatic nitrogens is 2. The van der Waals surface area contributed by atoms with E-state index in [1.807, 2.05) is 0 Å². The summed E-state index contributed by atoms with van der Waals surface area (Å²) in [6.07, 6.45) is -1.62. The lowest BCUT2D eigenvalue weighted by Crippen LogP contribution is -2.15. The van der Waals surface area contributed by atoms with Crippen LogP contribution in [0.15, 0.2) is 41.5 Å². The first-order valence-corrected chi connectivity index (χ1v) is 5.40. The van der Waals surface area contributed by atoms with Crippen LogP contribution in [0.1, 0.15) is 11.1 Å². The highest BCUT2D eigenvalue weighted by atomic mass is 19.4. The Kier molecular flexibility index (Phi) is 3.55. The van der Waals surface area contributed by atoms with Gasteiger partial charge in [-0.05, 0) is 17.7 Å². The van der Waals surface area contributed by atoms with Crippen LogP contribution in [0.5, 0.6) is 0 Å². The number of hydrogen-bond donors (Lipinski definition) is 2. The lowest BCUT2D eigenvalue weighted by Gasteiger charge is -2.09. The zero-order chi connectivity index (χ0) is 13.9. The molecule has 1 heterocycles. The first kappa shape index (κ1) is 13.1. The summed E-state index contributed by atoms with van der Waals surface area (Å²) in [5.41, 5.74) is -0.726. The average Bonchev–Trinajstić information content (AvgIpc) is 2.37. The number of benzene rings is 1. The molecule has 0 atom stereocenters. The molecule has 100 valence electrons. The molecule has 0 aliphatic rings. The molecule has 7 heteroatoms. The predicted molar refractivity (Wildman–Crippen MR) is 63.6 cm³/mol. The van der Waals surface area contributed by atoms with Crippen LogP contribution in [0.25, 0.3) is 0 Å². The minimum absolute atomic E-state index is 0.0694.